The lowest BCUT2D eigenvalue weighted by molar-refractivity contribution is -0.120. The average molecular weight is 496 g/mol. The number of aromatic nitrogens is 2. The summed E-state index contributed by atoms with van der Waals surface area (Å²) < 4.78 is 25.5. The Morgan fingerprint density at radius 1 is 1.25 bits per heavy atom. The van der Waals surface area contributed by atoms with Crippen molar-refractivity contribution in [2.24, 2.45) is 0 Å². The SMILES string of the molecule is C[C@@]1(NC(=O)CSc2nc3sc4c(c3c(=O)n2C2CCCC2)CCCC4)CCS(=O)(=O)C1. The molecule has 0 aromatic carbocycles. The van der Waals surface area contributed by atoms with Crippen LogP contribution >= 0.6 is 23.1 Å². The third-order valence-electron chi connectivity index (χ3n) is 6.96. The summed E-state index contributed by atoms with van der Waals surface area (Å²) >= 11 is 2.93. The third-order valence-corrected chi connectivity index (χ3v) is 11.0. The molecule has 174 valence electrons. The quantitative estimate of drug-likeness (QED) is 0.505. The molecule has 0 spiro atoms. The number of rotatable bonds is 5. The number of hydrogen-bond donors (Lipinski definition) is 1. The molecule has 3 aliphatic rings. The van der Waals surface area contributed by atoms with Crippen molar-refractivity contribution in [3.63, 3.8) is 0 Å². The number of fused-ring (bicyclic) bond motifs is 3. The van der Waals surface area contributed by atoms with E-state index in [1.807, 2.05) is 4.57 Å². The van der Waals surface area contributed by atoms with Crippen molar-refractivity contribution < 1.29 is 13.2 Å². The molecule has 7 nitrogen and oxygen atoms in total. The highest BCUT2D eigenvalue weighted by Crippen LogP contribution is 2.37. The van der Waals surface area contributed by atoms with Crippen molar-refractivity contribution in [2.45, 2.75) is 81.4 Å². The Hall–Kier alpha value is -1.39. The van der Waals surface area contributed by atoms with Gasteiger partial charge in [0.05, 0.1) is 28.2 Å². The average Bonchev–Trinajstić information content (AvgIpc) is 3.43. The topological polar surface area (TPSA) is 98.1 Å². The summed E-state index contributed by atoms with van der Waals surface area (Å²) in [6.07, 6.45) is 8.83. The highest BCUT2D eigenvalue weighted by atomic mass is 32.2. The van der Waals surface area contributed by atoms with E-state index in [2.05, 4.69) is 5.32 Å². The van der Waals surface area contributed by atoms with Crippen LogP contribution in [0.5, 0.6) is 0 Å². The molecule has 0 radical (unpaired) electrons. The van der Waals surface area contributed by atoms with E-state index in [4.69, 9.17) is 4.98 Å². The fourth-order valence-electron chi connectivity index (χ4n) is 5.40. The molecule has 2 aromatic heterocycles. The van der Waals surface area contributed by atoms with Crippen molar-refractivity contribution in [1.29, 1.82) is 0 Å². The van der Waals surface area contributed by atoms with Crippen molar-refractivity contribution in [3.05, 3.63) is 20.8 Å². The maximum absolute atomic E-state index is 13.7. The number of hydrogen-bond acceptors (Lipinski definition) is 7. The van der Waals surface area contributed by atoms with Crippen LogP contribution in [0.2, 0.25) is 0 Å². The van der Waals surface area contributed by atoms with Crippen LogP contribution in [-0.4, -0.2) is 46.7 Å². The fourth-order valence-corrected chi connectivity index (χ4v) is 9.66. The molecule has 2 aromatic rings. The van der Waals surface area contributed by atoms with Gasteiger partial charge in [0.15, 0.2) is 15.0 Å². The van der Waals surface area contributed by atoms with Crippen molar-refractivity contribution in [2.75, 3.05) is 17.3 Å². The monoisotopic (exact) mass is 495 g/mol. The van der Waals surface area contributed by atoms with Crippen LogP contribution in [0.15, 0.2) is 9.95 Å². The van der Waals surface area contributed by atoms with Gasteiger partial charge < -0.3 is 5.32 Å². The normalized spacial score (nSPS) is 25.3. The van der Waals surface area contributed by atoms with Crippen molar-refractivity contribution in [3.8, 4) is 0 Å². The Morgan fingerprint density at radius 2 is 2.00 bits per heavy atom. The summed E-state index contributed by atoms with van der Waals surface area (Å²) in [5, 5.41) is 4.33. The molecular weight excluding hydrogens is 466 g/mol. The number of carbonyl (C=O) groups excluding carboxylic acids is 1. The van der Waals surface area contributed by atoms with Gasteiger partial charge in [-0.15, -0.1) is 11.3 Å². The van der Waals surface area contributed by atoms with Crippen LogP contribution in [-0.2, 0) is 27.5 Å². The van der Waals surface area contributed by atoms with E-state index in [1.165, 1.54) is 22.2 Å². The predicted octanol–water partition coefficient (Wildman–Crippen LogP) is 3.24. The first-order valence-electron chi connectivity index (χ1n) is 11.5. The maximum Gasteiger partial charge on any atom is 0.263 e. The van der Waals surface area contributed by atoms with Gasteiger partial charge in [-0.3, -0.25) is 14.2 Å². The van der Waals surface area contributed by atoms with Crippen LogP contribution in [0.4, 0.5) is 0 Å². The Morgan fingerprint density at radius 3 is 2.72 bits per heavy atom. The molecule has 1 saturated heterocycles. The van der Waals surface area contributed by atoms with E-state index in [-0.39, 0.29) is 34.8 Å². The molecule has 1 saturated carbocycles. The molecule has 0 bridgehead atoms. The summed E-state index contributed by atoms with van der Waals surface area (Å²) in [6.45, 7) is 1.79. The van der Waals surface area contributed by atoms with E-state index in [0.29, 0.717) is 11.6 Å². The zero-order valence-corrected chi connectivity index (χ0v) is 20.8. The zero-order valence-electron chi connectivity index (χ0n) is 18.3. The molecule has 1 N–H and O–H groups in total. The van der Waals surface area contributed by atoms with E-state index in [9.17, 15) is 18.0 Å². The Labute approximate surface area is 196 Å². The van der Waals surface area contributed by atoms with Crippen LogP contribution in [0, 0.1) is 0 Å². The maximum atomic E-state index is 13.7. The summed E-state index contributed by atoms with van der Waals surface area (Å²) in [4.78, 5) is 33.3. The smallest absolute Gasteiger partial charge is 0.263 e. The number of nitrogens with zero attached hydrogens (tertiary/aromatic N) is 2. The molecule has 0 unspecified atom stereocenters. The van der Waals surface area contributed by atoms with Crippen LogP contribution in [0.3, 0.4) is 0 Å². The second kappa shape index (κ2) is 8.43. The molecule has 1 aliphatic heterocycles. The summed E-state index contributed by atoms with van der Waals surface area (Å²) in [7, 11) is -3.09. The number of thiophene rings is 1. The van der Waals surface area contributed by atoms with Crippen LogP contribution in [0.1, 0.15) is 68.4 Å². The Bertz CT molecular complexity index is 1230. The zero-order chi connectivity index (χ0) is 22.5. The molecule has 32 heavy (non-hydrogen) atoms. The van der Waals surface area contributed by atoms with Gasteiger partial charge in [0.25, 0.3) is 5.56 Å². The summed E-state index contributed by atoms with van der Waals surface area (Å²) in [5.41, 5.74) is 0.536. The number of sulfone groups is 1. The lowest BCUT2D eigenvalue weighted by Crippen LogP contribution is -2.47. The minimum absolute atomic E-state index is 0.0197. The van der Waals surface area contributed by atoms with Crippen LogP contribution in [0.25, 0.3) is 10.2 Å². The predicted molar refractivity (Wildman–Crippen MR) is 129 cm³/mol. The largest absolute Gasteiger partial charge is 0.349 e. The summed E-state index contributed by atoms with van der Waals surface area (Å²) in [6, 6.07) is 0.140. The fraction of sp³-hybridized carbons (Fsp3) is 0.682. The van der Waals surface area contributed by atoms with E-state index in [0.717, 1.165) is 61.6 Å². The number of thioether (sulfide) groups is 1. The lowest BCUT2D eigenvalue weighted by Gasteiger charge is -2.24. The van der Waals surface area contributed by atoms with Crippen molar-refractivity contribution in [1.82, 2.24) is 14.9 Å². The van der Waals surface area contributed by atoms with Gasteiger partial charge in [0, 0.05) is 10.9 Å². The number of aryl methyl sites for hydroxylation is 2. The standard InChI is InChI=1S/C22H29N3O4S3/c1-22(10-11-32(28,29)13-22)24-17(26)12-30-21-23-19-18(15-8-4-5-9-16(15)31-19)20(27)25(21)14-6-2-3-7-14/h14H,2-13H2,1H3,(H,24,26)/t22-/m1/s1. The van der Waals surface area contributed by atoms with E-state index < -0.39 is 15.4 Å². The number of amides is 1. The molecule has 3 heterocycles. The minimum atomic E-state index is -3.09. The molecule has 5 rings (SSSR count). The van der Waals surface area contributed by atoms with Gasteiger partial charge in [-0.05, 0) is 57.4 Å². The van der Waals surface area contributed by atoms with Crippen LogP contribution < -0.4 is 10.9 Å². The first kappa shape index (κ1) is 22.4. The highest BCUT2D eigenvalue weighted by Gasteiger charge is 2.39. The van der Waals surface area contributed by atoms with Gasteiger partial charge >= 0.3 is 0 Å². The molecule has 2 aliphatic carbocycles. The molecule has 1 atom stereocenters. The third kappa shape index (κ3) is 4.25. The molecule has 2 fully saturated rings. The van der Waals surface area contributed by atoms with Gasteiger partial charge in [0.1, 0.15) is 4.83 Å². The second-order valence-corrected chi connectivity index (χ2v) is 13.8. The summed E-state index contributed by atoms with van der Waals surface area (Å²) in [5.74, 6) is -0.00808. The first-order chi connectivity index (χ1) is 15.2. The Balaban J connectivity index is 1.43. The van der Waals surface area contributed by atoms with Gasteiger partial charge in [-0.2, -0.15) is 0 Å². The molecule has 10 heteroatoms. The molecule has 1 amide bonds. The lowest BCUT2D eigenvalue weighted by atomic mass is 9.97. The van der Waals surface area contributed by atoms with E-state index >= 15 is 0 Å². The second-order valence-electron chi connectivity index (χ2n) is 9.64. The molecular formula is C22H29N3O4S3. The minimum Gasteiger partial charge on any atom is -0.349 e. The Kier molecular flexibility index (Phi) is 5.90. The van der Waals surface area contributed by atoms with Gasteiger partial charge in [-0.1, -0.05) is 24.6 Å². The van der Waals surface area contributed by atoms with Crippen molar-refractivity contribution >= 4 is 49.1 Å². The van der Waals surface area contributed by atoms with Gasteiger partial charge in [-0.25, -0.2) is 13.4 Å². The van der Waals surface area contributed by atoms with Gasteiger partial charge in [0.2, 0.25) is 5.91 Å². The van der Waals surface area contributed by atoms with E-state index in [1.54, 1.807) is 18.3 Å². The highest BCUT2D eigenvalue weighted by molar-refractivity contribution is 7.99. The first-order valence-corrected chi connectivity index (χ1v) is 15.1. The number of nitrogens with one attached hydrogen (secondary N) is 1. The number of carbonyl (C=O) groups is 1.